The number of nitrogens with one attached hydrogen (secondary N) is 1. The van der Waals surface area contributed by atoms with Gasteiger partial charge < -0.3 is 14.9 Å². The average Bonchev–Trinajstić information content (AvgIpc) is 3.63. The highest BCUT2D eigenvalue weighted by atomic mass is 32.1. The SMILES string of the molecule is C[C@H](NC(=O)c1cc(-c2ccon2)cc2snc(Cc3ccc4ccccc4c3)c12)c1ccc(C(=O)O)cc1. The van der Waals surface area contributed by atoms with Gasteiger partial charge in [0.25, 0.3) is 5.91 Å². The zero-order valence-electron chi connectivity index (χ0n) is 20.9. The molecular weight excluding hydrogens is 510 g/mol. The summed E-state index contributed by atoms with van der Waals surface area (Å²) in [5.74, 6) is -1.24. The summed E-state index contributed by atoms with van der Waals surface area (Å²) < 4.78 is 10.7. The fourth-order valence-electron chi connectivity index (χ4n) is 4.76. The third-order valence-corrected chi connectivity index (χ3v) is 7.64. The van der Waals surface area contributed by atoms with E-state index in [9.17, 15) is 14.7 Å². The monoisotopic (exact) mass is 533 g/mol. The van der Waals surface area contributed by atoms with Crippen molar-refractivity contribution in [1.82, 2.24) is 14.8 Å². The lowest BCUT2D eigenvalue weighted by Gasteiger charge is -2.16. The molecule has 2 aromatic heterocycles. The van der Waals surface area contributed by atoms with E-state index in [1.165, 1.54) is 35.3 Å². The molecule has 0 fully saturated rings. The topological polar surface area (TPSA) is 105 Å². The molecule has 0 unspecified atom stereocenters. The van der Waals surface area contributed by atoms with Gasteiger partial charge in [-0.05, 0) is 64.6 Å². The Kier molecular flexibility index (Phi) is 6.38. The number of aromatic nitrogens is 2. The second-order valence-corrected chi connectivity index (χ2v) is 10.2. The Bertz CT molecular complexity index is 1820. The lowest BCUT2D eigenvalue weighted by atomic mass is 9.98. The van der Waals surface area contributed by atoms with Gasteiger partial charge in [-0.2, -0.15) is 4.37 Å². The molecule has 0 aliphatic heterocycles. The Hall–Kier alpha value is -4.82. The molecule has 1 amide bonds. The third-order valence-electron chi connectivity index (χ3n) is 6.81. The largest absolute Gasteiger partial charge is 0.478 e. The minimum atomic E-state index is -0.991. The highest BCUT2D eigenvalue weighted by molar-refractivity contribution is 7.13. The summed E-state index contributed by atoms with van der Waals surface area (Å²) >= 11 is 1.36. The van der Waals surface area contributed by atoms with Crippen molar-refractivity contribution >= 4 is 44.3 Å². The lowest BCUT2D eigenvalue weighted by Crippen LogP contribution is -2.27. The van der Waals surface area contributed by atoms with Crippen molar-refractivity contribution in [3.63, 3.8) is 0 Å². The Labute approximate surface area is 227 Å². The highest BCUT2D eigenvalue weighted by Crippen LogP contribution is 2.34. The fourth-order valence-corrected chi connectivity index (χ4v) is 5.62. The van der Waals surface area contributed by atoms with Gasteiger partial charge in [0, 0.05) is 23.4 Å². The fraction of sp³-hybridized carbons (Fsp3) is 0.0968. The van der Waals surface area contributed by atoms with E-state index >= 15 is 0 Å². The third kappa shape index (κ3) is 4.89. The molecule has 0 bridgehead atoms. The molecule has 2 heterocycles. The summed E-state index contributed by atoms with van der Waals surface area (Å²) in [6.07, 6.45) is 2.08. The van der Waals surface area contributed by atoms with E-state index in [0.29, 0.717) is 17.7 Å². The van der Waals surface area contributed by atoms with Crippen LogP contribution < -0.4 is 5.32 Å². The zero-order chi connectivity index (χ0) is 26.9. The van der Waals surface area contributed by atoms with Crippen LogP contribution in [0.15, 0.2) is 95.7 Å². The maximum atomic E-state index is 13.7. The van der Waals surface area contributed by atoms with Crippen LogP contribution in [0.25, 0.3) is 32.1 Å². The summed E-state index contributed by atoms with van der Waals surface area (Å²) in [6, 6.07) is 26.3. The van der Waals surface area contributed by atoms with Gasteiger partial charge in [0.2, 0.25) is 0 Å². The molecule has 39 heavy (non-hydrogen) atoms. The summed E-state index contributed by atoms with van der Waals surface area (Å²) in [4.78, 5) is 25.0. The molecule has 192 valence electrons. The van der Waals surface area contributed by atoms with Crippen molar-refractivity contribution in [1.29, 1.82) is 0 Å². The highest BCUT2D eigenvalue weighted by Gasteiger charge is 2.21. The number of benzene rings is 4. The predicted octanol–water partition coefficient (Wildman–Crippen LogP) is 6.88. The molecule has 1 atom stereocenters. The zero-order valence-corrected chi connectivity index (χ0v) is 21.7. The number of carboxylic acids is 1. The van der Waals surface area contributed by atoms with E-state index in [4.69, 9.17) is 8.90 Å². The van der Waals surface area contributed by atoms with Gasteiger partial charge in [-0.25, -0.2) is 4.79 Å². The number of hydrogen-bond acceptors (Lipinski definition) is 6. The number of rotatable bonds is 7. The summed E-state index contributed by atoms with van der Waals surface area (Å²) in [7, 11) is 0. The molecule has 0 radical (unpaired) electrons. The van der Waals surface area contributed by atoms with Crippen LogP contribution in [0.1, 0.15) is 50.5 Å². The van der Waals surface area contributed by atoms with Crippen molar-refractivity contribution in [3.8, 4) is 11.3 Å². The molecule has 4 aromatic carbocycles. The molecule has 7 nitrogen and oxygen atoms in total. The summed E-state index contributed by atoms with van der Waals surface area (Å²) in [5.41, 5.74) is 4.84. The molecule has 0 aliphatic rings. The number of hydrogen-bond donors (Lipinski definition) is 2. The van der Waals surface area contributed by atoms with Gasteiger partial charge in [-0.1, -0.05) is 59.8 Å². The smallest absolute Gasteiger partial charge is 0.335 e. The van der Waals surface area contributed by atoms with Crippen molar-refractivity contribution < 1.29 is 19.2 Å². The average molecular weight is 534 g/mol. The first-order valence-electron chi connectivity index (χ1n) is 12.4. The standard InChI is InChI=1S/C31H23N3O4S/c1-18(20-8-10-22(11-9-20)31(36)37)32-30(35)25-16-24(26-12-13-38-33-26)17-28-29(25)27(34-39-28)15-19-6-7-21-4-2-3-5-23(21)14-19/h2-14,16-18H,15H2,1H3,(H,32,35)(H,36,37)/t18-/m0/s1. The van der Waals surface area contributed by atoms with E-state index in [2.05, 4.69) is 40.8 Å². The van der Waals surface area contributed by atoms with Gasteiger partial charge in [-0.15, -0.1) is 0 Å². The Morgan fingerprint density at radius 1 is 0.974 bits per heavy atom. The number of carbonyl (C=O) groups excluding carboxylic acids is 1. The molecular formula is C31H23N3O4S. The van der Waals surface area contributed by atoms with Crippen LogP contribution in [0.3, 0.4) is 0 Å². The van der Waals surface area contributed by atoms with Gasteiger partial charge in [0.15, 0.2) is 0 Å². The van der Waals surface area contributed by atoms with Gasteiger partial charge in [0.1, 0.15) is 12.0 Å². The van der Waals surface area contributed by atoms with Crippen LogP contribution in [-0.2, 0) is 6.42 Å². The number of carbonyl (C=O) groups is 2. The van der Waals surface area contributed by atoms with Crippen LogP contribution in [-0.4, -0.2) is 26.5 Å². The second-order valence-electron chi connectivity index (χ2n) is 9.39. The Morgan fingerprint density at radius 3 is 2.51 bits per heavy atom. The first kappa shape index (κ1) is 24.5. The minimum absolute atomic E-state index is 0.196. The molecule has 6 aromatic rings. The Balaban J connectivity index is 1.38. The van der Waals surface area contributed by atoms with Gasteiger partial charge >= 0.3 is 5.97 Å². The molecule has 0 spiro atoms. The van der Waals surface area contributed by atoms with Crippen LogP contribution in [0.5, 0.6) is 0 Å². The lowest BCUT2D eigenvalue weighted by molar-refractivity contribution is 0.0696. The molecule has 8 heteroatoms. The number of aromatic carboxylic acids is 1. The molecule has 0 saturated carbocycles. The van der Waals surface area contributed by atoms with E-state index in [0.717, 1.165) is 37.9 Å². The Morgan fingerprint density at radius 2 is 1.77 bits per heavy atom. The maximum absolute atomic E-state index is 13.7. The summed E-state index contributed by atoms with van der Waals surface area (Å²) in [5, 5.41) is 19.5. The predicted molar refractivity (Wildman–Crippen MR) is 151 cm³/mol. The van der Waals surface area contributed by atoms with E-state index in [1.54, 1.807) is 18.2 Å². The first-order valence-corrected chi connectivity index (χ1v) is 13.2. The van der Waals surface area contributed by atoms with Crippen molar-refractivity contribution in [2.45, 2.75) is 19.4 Å². The number of amides is 1. The van der Waals surface area contributed by atoms with Crippen LogP contribution in [0.4, 0.5) is 0 Å². The van der Waals surface area contributed by atoms with E-state index in [1.807, 2.05) is 31.2 Å². The molecule has 2 N–H and O–H groups in total. The van der Waals surface area contributed by atoms with Crippen LogP contribution >= 0.6 is 11.5 Å². The van der Waals surface area contributed by atoms with Crippen molar-refractivity contribution in [2.24, 2.45) is 0 Å². The van der Waals surface area contributed by atoms with E-state index < -0.39 is 5.97 Å². The normalized spacial score (nSPS) is 12.0. The van der Waals surface area contributed by atoms with Gasteiger partial charge in [0.05, 0.1) is 27.6 Å². The van der Waals surface area contributed by atoms with E-state index in [-0.39, 0.29) is 17.5 Å². The van der Waals surface area contributed by atoms with Crippen LogP contribution in [0.2, 0.25) is 0 Å². The number of nitrogens with zero attached hydrogens (tertiary/aromatic N) is 2. The van der Waals surface area contributed by atoms with Crippen molar-refractivity contribution in [3.05, 3.63) is 119 Å². The minimum Gasteiger partial charge on any atom is -0.478 e. The van der Waals surface area contributed by atoms with Crippen LogP contribution in [0, 0.1) is 0 Å². The second kappa shape index (κ2) is 10.2. The molecule has 0 aliphatic carbocycles. The summed E-state index contributed by atoms with van der Waals surface area (Å²) in [6.45, 7) is 1.87. The first-order chi connectivity index (χ1) is 19.0. The van der Waals surface area contributed by atoms with Gasteiger partial charge in [-0.3, -0.25) is 4.79 Å². The molecule has 0 saturated heterocycles. The maximum Gasteiger partial charge on any atom is 0.335 e. The number of carboxylic acid groups (broad SMARTS) is 1. The quantitative estimate of drug-likeness (QED) is 0.232. The molecule has 6 rings (SSSR count). The van der Waals surface area contributed by atoms with Crippen molar-refractivity contribution in [2.75, 3.05) is 0 Å². The number of fused-ring (bicyclic) bond motifs is 2.